The average molecular weight is 440 g/mol. The van der Waals surface area contributed by atoms with Gasteiger partial charge in [0.05, 0.1) is 5.56 Å². The van der Waals surface area contributed by atoms with Gasteiger partial charge < -0.3 is 20.7 Å². The molecule has 0 fully saturated rings. The van der Waals surface area contributed by atoms with Crippen molar-refractivity contribution in [2.75, 3.05) is 10.6 Å². The predicted molar refractivity (Wildman–Crippen MR) is 112 cm³/mol. The second-order valence-corrected chi connectivity index (χ2v) is 6.86. The largest absolute Gasteiger partial charge is 0.508 e. The van der Waals surface area contributed by atoms with E-state index >= 15 is 0 Å². The summed E-state index contributed by atoms with van der Waals surface area (Å²) in [4.78, 5) is 32.2. The lowest BCUT2D eigenvalue weighted by molar-refractivity contribution is -0.137. The molecule has 0 aliphatic heterocycles. The van der Waals surface area contributed by atoms with Crippen LogP contribution in [-0.4, -0.2) is 26.9 Å². The van der Waals surface area contributed by atoms with E-state index in [0.29, 0.717) is 34.3 Å². The van der Waals surface area contributed by atoms with Crippen LogP contribution in [0.3, 0.4) is 0 Å². The number of anilines is 2. The first-order chi connectivity index (χ1) is 15.2. The van der Waals surface area contributed by atoms with Crippen LogP contribution in [-0.2, 0) is 6.18 Å². The Morgan fingerprint density at radius 2 is 1.75 bits per heavy atom. The second-order valence-electron chi connectivity index (χ2n) is 6.86. The fraction of sp³-hybridized carbons (Fsp3) is 0.0455. The summed E-state index contributed by atoms with van der Waals surface area (Å²) in [6.45, 7) is 0. The minimum absolute atomic E-state index is 0.242. The highest BCUT2D eigenvalue weighted by molar-refractivity contribution is 6.16. The minimum atomic E-state index is -4.68. The highest BCUT2D eigenvalue weighted by Crippen LogP contribution is 2.33. The Bertz CT molecular complexity index is 1330. The average Bonchev–Trinajstić information content (AvgIpc) is 3.16. The Labute approximate surface area is 178 Å². The summed E-state index contributed by atoms with van der Waals surface area (Å²) in [5.41, 5.74) is 0.178. The lowest BCUT2D eigenvalue weighted by Crippen LogP contribution is -2.20. The van der Waals surface area contributed by atoms with Gasteiger partial charge in [0.15, 0.2) is 5.78 Å². The number of rotatable bonds is 4. The maximum atomic E-state index is 12.9. The first-order valence-corrected chi connectivity index (χ1v) is 9.27. The van der Waals surface area contributed by atoms with E-state index in [1.807, 2.05) is 0 Å². The molecule has 2 aromatic heterocycles. The lowest BCUT2D eigenvalue weighted by atomic mass is 10.0. The Morgan fingerprint density at radius 1 is 0.969 bits per heavy atom. The highest BCUT2D eigenvalue weighted by atomic mass is 19.4. The number of hydrogen-bond donors (Lipinski definition) is 4. The number of phenols is 1. The van der Waals surface area contributed by atoms with Crippen molar-refractivity contribution in [1.29, 1.82) is 0 Å². The van der Waals surface area contributed by atoms with Crippen molar-refractivity contribution in [2.24, 2.45) is 0 Å². The van der Waals surface area contributed by atoms with E-state index in [1.54, 1.807) is 36.7 Å². The maximum Gasteiger partial charge on any atom is 0.416 e. The molecule has 0 unspecified atom stereocenters. The molecule has 162 valence electrons. The first kappa shape index (κ1) is 20.9. The number of alkyl halides is 3. The van der Waals surface area contributed by atoms with E-state index in [1.165, 1.54) is 12.1 Å². The van der Waals surface area contributed by atoms with Crippen LogP contribution in [0.1, 0.15) is 21.5 Å². The molecule has 2 aromatic carbocycles. The van der Waals surface area contributed by atoms with Crippen LogP contribution in [0.15, 0.2) is 67.0 Å². The van der Waals surface area contributed by atoms with Crippen molar-refractivity contribution in [3.8, 4) is 5.75 Å². The van der Waals surface area contributed by atoms with Crippen LogP contribution in [0.25, 0.3) is 11.0 Å². The minimum Gasteiger partial charge on any atom is -0.508 e. The van der Waals surface area contributed by atoms with Crippen molar-refractivity contribution in [1.82, 2.24) is 9.97 Å². The summed E-state index contributed by atoms with van der Waals surface area (Å²) in [5.74, 6) is -0.938. The summed E-state index contributed by atoms with van der Waals surface area (Å²) in [7, 11) is 0. The number of ketones is 1. The number of carbonyl (C=O) groups is 2. The molecule has 0 atom stereocenters. The van der Waals surface area contributed by atoms with Crippen LogP contribution in [0, 0.1) is 0 Å². The Kier molecular flexibility index (Phi) is 5.27. The number of pyridine rings is 1. The number of aromatic nitrogens is 2. The van der Waals surface area contributed by atoms with Gasteiger partial charge in [-0.3, -0.25) is 4.79 Å². The summed E-state index contributed by atoms with van der Waals surface area (Å²) < 4.78 is 38.7. The molecule has 0 saturated heterocycles. The number of carbonyl (C=O) groups excluding carboxylic acids is 2. The van der Waals surface area contributed by atoms with Gasteiger partial charge in [0.25, 0.3) is 0 Å². The molecule has 0 saturated carbocycles. The van der Waals surface area contributed by atoms with Gasteiger partial charge in [-0.25, -0.2) is 9.78 Å². The summed E-state index contributed by atoms with van der Waals surface area (Å²) >= 11 is 0. The quantitative estimate of drug-likeness (QED) is 0.329. The molecule has 7 nitrogen and oxygen atoms in total. The number of amides is 2. The monoisotopic (exact) mass is 440 g/mol. The van der Waals surface area contributed by atoms with Gasteiger partial charge >= 0.3 is 12.2 Å². The zero-order valence-corrected chi connectivity index (χ0v) is 16.2. The highest BCUT2D eigenvalue weighted by Gasteiger charge is 2.31. The first-order valence-electron chi connectivity index (χ1n) is 9.27. The van der Waals surface area contributed by atoms with Gasteiger partial charge in [0.1, 0.15) is 11.4 Å². The van der Waals surface area contributed by atoms with Gasteiger partial charge in [0.2, 0.25) is 0 Å². The number of H-pyrrole nitrogens is 1. The molecule has 2 heterocycles. The van der Waals surface area contributed by atoms with Gasteiger partial charge in [-0.2, -0.15) is 13.2 Å². The molecule has 4 N–H and O–H groups in total. The summed E-state index contributed by atoms with van der Waals surface area (Å²) in [6, 6.07) is 11.0. The molecule has 2 amide bonds. The van der Waals surface area contributed by atoms with E-state index in [4.69, 9.17) is 0 Å². The Morgan fingerprint density at radius 3 is 2.53 bits per heavy atom. The number of fused-ring (bicyclic) bond motifs is 1. The fourth-order valence-electron chi connectivity index (χ4n) is 3.18. The van der Waals surface area contributed by atoms with Gasteiger partial charge in [-0.15, -0.1) is 0 Å². The number of nitrogens with zero attached hydrogens (tertiary/aromatic N) is 1. The van der Waals surface area contributed by atoms with Crippen molar-refractivity contribution in [3.05, 3.63) is 83.7 Å². The molecule has 0 aliphatic carbocycles. The summed E-state index contributed by atoms with van der Waals surface area (Å²) in [5, 5.41) is 14.9. The molecule has 32 heavy (non-hydrogen) atoms. The van der Waals surface area contributed by atoms with E-state index in [2.05, 4.69) is 20.6 Å². The third kappa shape index (κ3) is 4.38. The van der Waals surface area contributed by atoms with Crippen molar-refractivity contribution in [2.45, 2.75) is 6.18 Å². The van der Waals surface area contributed by atoms with Crippen LogP contribution in [0.5, 0.6) is 5.75 Å². The maximum absolute atomic E-state index is 12.9. The van der Waals surface area contributed by atoms with E-state index in [9.17, 15) is 27.9 Å². The molecule has 4 rings (SSSR count). The number of aromatic amines is 1. The van der Waals surface area contributed by atoms with Gasteiger partial charge in [-0.05, 0) is 36.4 Å². The Balaban J connectivity index is 1.51. The normalized spacial score (nSPS) is 11.3. The number of halogens is 3. The molecule has 0 aliphatic rings. The van der Waals surface area contributed by atoms with Gasteiger partial charge in [0, 0.05) is 46.3 Å². The number of hydrogen-bond acceptors (Lipinski definition) is 4. The third-order valence-corrected chi connectivity index (χ3v) is 4.58. The smallest absolute Gasteiger partial charge is 0.416 e. The molecule has 4 aromatic rings. The SMILES string of the molecule is O=C(Nc1cccc(C(=O)c2c[nH]c3ncccc23)c1)Nc1cc(O)cc(C(F)(F)F)c1. The van der Waals surface area contributed by atoms with Crippen LogP contribution in [0.2, 0.25) is 0 Å². The lowest BCUT2D eigenvalue weighted by Gasteiger charge is -2.12. The molecule has 0 spiro atoms. The van der Waals surface area contributed by atoms with Crippen LogP contribution < -0.4 is 10.6 Å². The fourth-order valence-corrected chi connectivity index (χ4v) is 3.18. The molecule has 0 bridgehead atoms. The van der Waals surface area contributed by atoms with E-state index in [0.717, 1.165) is 6.07 Å². The second kappa shape index (κ2) is 8.06. The zero-order chi connectivity index (χ0) is 22.9. The third-order valence-electron chi connectivity index (χ3n) is 4.58. The van der Waals surface area contributed by atoms with Crippen LogP contribution in [0.4, 0.5) is 29.3 Å². The van der Waals surface area contributed by atoms with Crippen molar-refractivity contribution < 1.29 is 27.9 Å². The molecule has 0 radical (unpaired) electrons. The molecular formula is C22H15F3N4O3. The topological polar surface area (TPSA) is 107 Å². The zero-order valence-electron chi connectivity index (χ0n) is 16.2. The number of benzene rings is 2. The van der Waals surface area contributed by atoms with Crippen molar-refractivity contribution in [3.63, 3.8) is 0 Å². The van der Waals surface area contributed by atoms with E-state index in [-0.39, 0.29) is 17.2 Å². The molecule has 10 heteroatoms. The Hall–Kier alpha value is -4.34. The number of aromatic hydroxyl groups is 1. The van der Waals surface area contributed by atoms with Crippen LogP contribution >= 0.6 is 0 Å². The number of phenolic OH excluding ortho intramolecular Hbond substituents is 1. The van der Waals surface area contributed by atoms with Gasteiger partial charge in [-0.1, -0.05) is 12.1 Å². The predicted octanol–water partition coefficient (Wildman–Crippen LogP) is 5.16. The number of urea groups is 1. The van der Waals surface area contributed by atoms with Crippen molar-refractivity contribution >= 4 is 34.2 Å². The summed E-state index contributed by atoms with van der Waals surface area (Å²) in [6.07, 6.45) is -1.54. The standard InChI is InChI=1S/C22H15F3N4O3/c23-22(24,25)13-8-15(10-16(30)9-13)29-21(32)28-14-4-1-3-12(7-14)19(31)18-11-27-20-17(18)5-2-6-26-20/h1-11,30H,(H,26,27)(H2,28,29,32). The molecular weight excluding hydrogens is 425 g/mol. The number of nitrogens with one attached hydrogen (secondary N) is 3. The van der Waals surface area contributed by atoms with E-state index < -0.39 is 23.5 Å².